The molecule has 3 heteroatoms. The summed E-state index contributed by atoms with van der Waals surface area (Å²) in [6.45, 7) is 2.44. The van der Waals surface area contributed by atoms with Gasteiger partial charge in [0.1, 0.15) is 0 Å². The first-order valence-corrected chi connectivity index (χ1v) is 4.32. The molecule has 0 radical (unpaired) electrons. The topological polar surface area (TPSA) is 12.0 Å². The van der Waals surface area contributed by atoms with E-state index in [1.807, 2.05) is 0 Å². The summed E-state index contributed by atoms with van der Waals surface area (Å²) in [5, 5.41) is 4.52. The van der Waals surface area contributed by atoms with Crippen molar-refractivity contribution in [2.45, 2.75) is 12.8 Å². The first-order chi connectivity index (χ1) is 3.93. The van der Waals surface area contributed by atoms with Crippen molar-refractivity contribution in [3.8, 4) is 0 Å². The lowest BCUT2D eigenvalue weighted by atomic mass is 10.0. The van der Waals surface area contributed by atoms with Crippen LogP contribution < -0.4 is 5.32 Å². The highest BCUT2D eigenvalue weighted by Crippen LogP contribution is 2.13. The van der Waals surface area contributed by atoms with E-state index in [1.165, 1.54) is 31.3 Å². The van der Waals surface area contributed by atoms with Gasteiger partial charge in [0, 0.05) is 5.33 Å². The Morgan fingerprint density at radius 1 is 1.33 bits per heavy atom. The molecule has 0 saturated carbocycles. The predicted molar refractivity (Wildman–Crippen MR) is 49.7 cm³/mol. The van der Waals surface area contributed by atoms with Gasteiger partial charge >= 0.3 is 0 Å². The quantitative estimate of drug-likeness (QED) is 0.710. The van der Waals surface area contributed by atoms with Gasteiger partial charge in [0.15, 0.2) is 0 Å². The van der Waals surface area contributed by atoms with Crippen molar-refractivity contribution in [1.29, 1.82) is 0 Å². The van der Waals surface area contributed by atoms with Crippen molar-refractivity contribution in [2.75, 3.05) is 18.4 Å². The zero-order chi connectivity index (χ0) is 5.82. The third kappa shape index (κ3) is 3.58. The minimum atomic E-state index is 0. The second-order valence-electron chi connectivity index (χ2n) is 2.35. The van der Waals surface area contributed by atoms with Crippen molar-refractivity contribution in [3.05, 3.63) is 0 Å². The summed E-state index contributed by atoms with van der Waals surface area (Å²) >= 11 is 3.48. The molecule has 1 saturated heterocycles. The summed E-state index contributed by atoms with van der Waals surface area (Å²) < 4.78 is 0. The SMILES string of the molecule is Br.BrCC1CCNCC1. The molecule has 0 unspecified atom stereocenters. The molecule has 0 aliphatic carbocycles. The van der Waals surface area contributed by atoms with Crippen LogP contribution in [-0.4, -0.2) is 18.4 Å². The van der Waals surface area contributed by atoms with Gasteiger partial charge in [-0.1, -0.05) is 15.9 Å². The summed E-state index contributed by atoms with van der Waals surface area (Å²) in [5.74, 6) is 0.941. The van der Waals surface area contributed by atoms with Crippen LogP contribution in [0.2, 0.25) is 0 Å². The van der Waals surface area contributed by atoms with E-state index in [-0.39, 0.29) is 17.0 Å². The minimum absolute atomic E-state index is 0. The number of hydrogen-bond donors (Lipinski definition) is 1. The Labute approximate surface area is 75.5 Å². The summed E-state index contributed by atoms with van der Waals surface area (Å²) in [7, 11) is 0. The molecule has 0 amide bonds. The Bertz CT molecular complexity index is 62.1. The van der Waals surface area contributed by atoms with Gasteiger partial charge in [-0.15, -0.1) is 17.0 Å². The average Bonchev–Trinajstić information content (AvgIpc) is 1.90. The molecule has 0 spiro atoms. The number of halogens is 2. The normalized spacial score (nSPS) is 21.0. The average molecular weight is 259 g/mol. The van der Waals surface area contributed by atoms with Crippen LogP contribution in [0.4, 0.5) is 0 Å². The van der Waals surface area contributed by atoms with Gasteiger partial charge in [0.2, 0.25) is 0 Å². The molecule has 0 aromatic heterocycles. The molecule has 0 atom stereocenters. The predicted octanol–water partition coefficient (Wildman–Crippen LogP) is 1.96. The summed E-state index contributed by atoms with van der Waals surface area (Å²) in [4.78, 5) is 0. The number of hydrogen-bond acceptors (Lipinski definition) is 1. The van der Waals surface area contributed by atoms with Gasteiger partial charge in [-0.2, -0.15) is 0 Å². The molecule has 1 heterocycles. The van der Waals surface area contributed by atoms with Crippen LogP contribution in [0.5, 0.6) is 0 Å². The number of rotatable bonds is 1. The van der Waals surface area contributed by atoms with E-state index >= 15 is 0 Å². The first-order valence-electron chi connectivity index (χ1n) is 3.20. The van der Waals surface area contributed by atoms with Crippen LogP contribution in [0.1, 0.15) is 12.8 Å². The standard InChI is InChI=1S/C6H12BrN.BrH/c7-5-6-1-3-8-4-2-6;/h6,8H,1-5H2;1H. The molecule has 0 aromatic rings. The third-order valence-corrected chi connectivity index (χ3v) is 2.59. The fourth-order valence-electron chi connectivity index (χ4n) is 1.04. The van der Waals surface area contributed by atoms with E-state index in [2.05, 4.69) is 21.2 Å². The van der Waals surface area contributed by atoms with E-state index in [9.17, 15) is 0 Å². The zero-order valence-electron chi connectivity index (χ0n) is 5.40. The Morgan fingerprint density at radius 2 is 1.89 bits per heavy atom. The Balaban J connectivity index is 0.000000640. The Hall–Kier alpha value is 0.920. The summed E-state index contributed by atoms with van der Waals surface area (Å²) in [5.41, 5.74) is 0. The highest BCUT2D eigenvalue weighted by molar-refractivity contribution is 9.09. The van der Waals surface area contributed by atoms with E-state index in [4.69, 9.17) is 0 Å². The van der Waals surface area contributed by atoms with Crippen molar-refractivity contribution in [1.82, 2.24) is 5.32 Å². The number of nitrogens with one attached hydrogen (secondary N) is 1. The van der Waals surface area contributed by atoms with Gasteiger partial charge < -0.3 is 5.32 Å². The van der Waals surface area contributed by atoms with Crippen LogP contribution in [0.25, 0.3) is 0 Å². The van der Waals surface area contributed by atoms with Crippen LogP contribution in [0.15, 0.2) is 0 Å². The van der Waals surface area contributed by atoms with Gasteiger partial charge in [-0.3, -0.25) is 0 Å². The van der Waals surface area contributed by atoms with Gasteiger partial charge in [-0.25, -0.2) is 0 Å². The number of piperidine rings is 1. The molecule has 1 aliphatic rings. The summed E-state index contributed by atoms with van der Waals surface area (Å²) in [6, 6.07) is 0. The lowest BCUT2D eigenvalue weighted by molar-refractivity contribution is 0.409. The van der Waals surface area contributed by atoms with E-state index in [0.29, 0.717) is 0 Å². The van der Waals surface area contributed by atoms with Gasteiger partial charge in [-0.05, 0) is 31.8 Å². The van der Waals surface area contributed by atoms with Crippen molar-refractivity contribution >= 4 is 32.9 Å². The third-order valence-electron chi connectivity index (χ3n) is 1.68. The molecule has 9 heavy (non-hydrogen) atoms. The maximum atomic E-state index is 3.48. The molecule has 1 aliphatic heterocycles. The van der Waals surface area contributed by atoms with Gasteiger partial charge in [0.05, 0.1) is 0 Å². The lowest BCUT2D eigenvalue weighted by Crippen LogP contribution is -2.28. The van der Waals surface area contributed by atoms with Crippen molar-refractivity contribution in [2.24, 2.45) is 5.92 Å². The zero-order valence-corrected chi connectivity index (χ0v) is 8.70. The highest BCUT2D eigenvalue weighted by atomic mass is 79.9. The van der Waals surface area contributed by atoms with E-state index in [1.54, 1.807) is 0 Å². The molecular weight excluding hydrogens is 246 g/mol. The molecule has 1 rings (SSSR count). The fourth-order valence-corrected chi connectivity index (χ4v) is 1.68. The molecule has 56 valence electrons. The van der Waals surface area contributed by atoms with Crippen LogP contribution >= 0.6 is 32.9 Å². The molecule has 0 bridgehead atoms. The molecule has 1 N–H and O–H groups in total. The minimum Gasteiger partial charge on any atom is -0.317 e. The lowest BCUT2D eigenvalue weighted by Gasteiger charge is -2.19. The second kappa shape index (κ2) is 5.69. The largest absolute Gasteiger partial charge is 0.317 e. The maximum absolute atomic E-state index is 3.48. The maximum Gasteiger partial charge on any atom is 0.00606 e. The Kier molecular flexibility index (Phi) is 6.27. The van der Waals surface area contributed by atoms with E-state index in [0.717, 1.165) is 5.92 Å². The molecule has 1 fully saturated rings. The van der Waals surface area contributed by atoms with Crippen LogP contribution in [0.3, 0.4) is 0 Å². The highest BCUT2D eigenvalue weighted by Gasteiger charge is 2.09. The fraction of sp³-hybridized carbons (Fsp3) is 1.00. The van der Waals surface area contributed by atoms with E-state index < -0.39 is 0 Å². The van der Waals surface area contributed by atoms with Crippen LogP contribution in [-0.2, 0) is 0 Å². The van der Waals surface area contributed by atoms with Gasteiger partial charge in [0.25, 0.3) is 0 Å². The smallest absolute Gasteiger partial charge is 0.00606 e. The molecule has 0 aromatic carbocycles. The second-order valence-corrected chi connectivity index (χ2v) is 3.00. The molecule has 1 nitrogen and oxygen atoms in total. The van der Waals surface area contributed by atoms with Crippen molar-refractivity contribution in [3.63, 3.8) is 0 Å². The Morgan fingerprint density at radius 3 is 2.22 bits per heavy atom. The van der Waals surface area contributed by atoms with Crippen molar-refractivity contribution < 1.29 is 0 Å². The van der Waals surface area contributed by atoms with Crippen LogP contribution in [0, 0.1) is 5.92 Å². The molecular formula is C6H13Br2N. The number of alkyl halides is 1. The summed E-state index contributed by atoms with van der Waals surface area (Å²) in [6.07, 6.45) is 2.70. The monoisotopic (exact) mass is 257 g/mol. The first kappa shape index (κ1) is 9.92.